The Hall–Kier alpha value is -2.09. The van der Waals surface area contributed by atoms with Crippen molar-refractivity contribution in [2.45, 2.75) is 18.4 Å². The summed E-state index contributed by atoms with van der Waals surface area (Å²) in [6.07, 6.45) is 2.01. The van der Waals surface area contributed by atoms with E-state index < -0.39 is 0 Å². The second-order valence-corrected chi connectivity index (χ2v) is 7.60. The SMILES string of the molecule is CCOCCn1c(=NC(=O)c2ccc(SC)cc2)sc2cc(OC)ccc21. The van der Waals surface area contributed by atoms with Crippen molar-refractivity contribution >= 4 is 39.2 Å². The van der Waals surface area contributed by atoms with Gasteiger partial charge in [0.2, 0.25) is 0 Å². The molecule has 0 saturated carbocycles. The molecule has 0 spiro atoms. The monoisotopic (exact) mass is 402 g/mol. The molecule has 0 atom stereocenters. The zero-order chi connectivity index (χ0) is 19.2. The third-order valence-electron chi connectivity index (χ3n) is 4.09. The second-order valence-electron chi connectivity index (χ2n) is 5.71. The summed E-state index contributed by atoms with van der Waals surface area (Å²) in [5.74, 6) is 0.539. The highest BCUT2D eigenvalue weighted by Crippen LogP contribution is 2.23. The summed E-state index contributed by atoms with van der Waals surface area (Å²) in [7, 11) is 1.64. The molecule has 5 nitrogen and oxygen atoms in total. The van der Waals surface area contributed by atoms with E-state index in [1.807, 2.05) is 60.2 Å². The smallest absolute Gasteiger partial charge is 0.279 e. The Morgan fingerprint density at radius 3 is 2.67 bits per heavy atom. The fourth-order valence-corrected chi connectivity index (χ4v) is 4.16. The molecule has 2 aromatic carbocycles. The average Bonchev–Trinajstić information content (AvgIpc) is 3.04. The van der Waals surface area contributed by atoms with Crippen molar-refractivity contribution in [3.05, 3.63) is 52.8 Å². The molecule has 1 amide bonds. The first-order chi connectivity index (χ1) is 13.2. The summed E-state index contributed by atoms with van der Waals surface area (Å²) < 4.78 is 13.9. The number of benzene rings is 2. The molecule has 0 unspecified atom stereocenters. The number of aromatic nitrogens is 1. The van der Waals surface area contributed by atoms with Crippen LogP contribution in [0.15, 0.2) is 52.4 Å². The van der Waals surface area contributed by atoms with E-state index in [1.54, 1.807) is 18.9 Å². The molecule has 7 heteroatoms. The van der Waals surface area contributed by atoms with Gasteiger partial charge in [-0.1, -0.05) is 11.3 Å². The van der Waals surface area contributed by atoms with Crippen molar-refractivity contribution in [3.8, 4) is 5.75 Å². The Morgan fingerprint density at radius 2 is 2.00 bits per heavy atom. The van der Waals surface area contributed by atoms with Crippen LogP contribution in [-0.4, -0.2) is 37.1 Å². The zero-order valence-corrected chi connectivity index (χ0v) is 17.2. The lowest BCUT2D eigenvalue weighted by Crippen LogP contribution is -2.19. The summed E-state index contributed by atoms with van der Waals surface area (Å²) in [4.78, 5) is 18.8. The van der Waals surface area contributed by atoms with E-state index in [9.17, 15) is 4.79 Å². The van der Waals surface area contributed by atoms with E-state index in [0.29, 0.717) is 30.1 Å². The molecule has 1 aromatic heterocycles. The lowest BCUT2D eigenvalue weighted by Gasteiger charge is -2.06. The highest BCUT2D eigenvalue weighted by molar-refractivity contribution is 7.98. The predicted octanol–water partition coefficient (Wildman–Crippen LogP) is 4.21. The third-order valence-corrected chi connectivity index (χ3v) is 5.87. The Bertz CT molecular complexity index is 991. The number of ether oxygens (including phenoxy) is 2. The van der Waals surface area contributed by atoms with Gasteiger partial charge in [0, 0.05) is 23.6 Å². The Labute approximate surface area is 166 Å². The van der Waals surface area contributed by atoms with Crippen LogP contribution in [0.2, 0.25) is 0 Å². The van der Waals surface area contributed by atoms with Gasteiger partial charge in [0.15, 0.2) is 4.80 Å². The second kappa shape index (κ2) is 9.21. The molecule has 142 valence electrons. The minimum absolute atomic E-state index is 0.244. The summed E-state index contributed by atoms with van der Waals surface area (Å²) >= 11 is 3.12. The minimum Gasteiger partial charge on any atom is -0.497 e. The number of hydrogen-bond acceptors (Lipinski definition) is 5. The van der Waals surface area contributed by atoms with Crippen LogP contribution in [0, 0.1) is 0 Å². The normalized spacial score (nSPS) is 11.9. The number of amides is 1. The van der Waals surface area contributed by atoms with E-state index in [0.717, 1.165) is 20.9 Å². The van der Waals surface area contributed by atoms with E-state index in [2.05, 4.69) is 4.99 Å². The molecule has 0 bridgehead atoms. The van der Waals surface area contributed by atoms with E-state index in [-0.39, 0.29) is 5.91 Å². The highest BCUT2D eigenvalue weighted by atomic mass is 32.2. The van der Waals surface area contributed by atoms with E-state index in [1.165, 1.54) is 11.3 Å². The Balaban J connectivity index is 2.02. The van der Waals surface area contributed by atoms with Crippen molar-refractivity contribution < 1.29 is 14.3 Å². The van der Waals surface area contributed by atoms with Crippen molar-refractivity contribution in [1.29, 1.82) is 0 Å². The molecule has 3 rings (SSSR count). The van der Waals surface area contributed by atoms with Gasteiger partial charge in [-0.15, -0.1) is 11.8 Å². The van der Waals surface area contributed by atoms with Crippen LogP contribution in [0.5, 0.6) is 5.75 Å². The number of fused-ring (bicyclic) bond motifs is 1. The summed E-state index contributed by atoms with van der Waals surface area (Å²) in [6, 6.07) is 13.4. The molecule has 0 fully saturated rings. The summed E-state index contributed by atoms with van der Waals surface area (Å²) in [5.41, 5.74) is 1.60. The molecule has 1 heterocycles. The quantitative estimate of drug-likeness (QED) is 0.439. The molecule has 0 radical (unpaired) electrons. The standard InChI is InChI=1S/C20H22N2O3S2/c1-4-25-12-11-22-17-10-7-15(24-2)13-18(17)27-20(22)21-19(23)14-5-8-16(26-3)9-6-14/h5-10,13H,4,11-12H2,1-3H3. The number of thiazole rings is 1. The number of methoxy groups -OCH3 is 1. The first kappa shape index (κ1) is 19.7. The van der Waals surface area contributed by atoms with Gasteiger partial charge < -0.3 is 14.0 Å². The maximum absolute atomic E-state index is 12.7. The fraction of sp³-hybridized carbons (Fsp3) is 0.300. The molecular formula is C20H22N2O3S2. The molecular weight excluding hydrogens is 380 g/mol. The number of hydrogen-bond donors (Lipinski definition) is 0. The number of carbonyl (C=O) groups excluding carboxylic acids is 1. The van der Waals surface area contributed by atoms with Crippen LogP contribution in [0.3, 0.4) is 0 Å². The molecule has 0 saturated heterocycles. The van der Waals surface area contributed by atoms with E-state index >= 15 is 0 Å². The first-order valence-corrected chi connectivity index (χ1v) is 10.7. The Morgan fingerprint density at radius 1 is 1.22 bits per heavy atom. The van der Waals surface area contributed by atoms with Gasteiger partial charge >= 0.3 is 0 Å². The van der Waals surface area contributed by atoms with Crippen LogP contribution >= 0.6 is 23.1 Å². The maximum atomic E-state index is 12.7. The van der Waals surface area contributed by atoms with Crippen LogP contribution in [0.1, 0.15) is 17.3 Å². The van der Waals surface area contributed by atoms with Gasteiger partial charge in [0.05, 0.1) is 23.9 Å². The lowest BCUT2D eigenvalue weighted by molar-refractivity contribution is 0.0996. The molecule has 0 N–H and O–H groups in total. The van der Waals surface area contributed by atoms with Crippen molar-refractivity contribution in [2.24, 2.45) is 4.99 Å². The van der Waals surface area contributed by atoms with E-state index in [4.69, 9.17) is 9.47 Å². The van der Waals surface area contributed by atoms with Gasteiger partial charge in [0.1, 0.15) is 5.75 Å². The number of rotatable bonds is 7. The topological polar surface area (TPSA) is 52.8 Å². The fourth-order valence-electron chi connectivity index (χ4n) is 2.67. The minimum atomic E-state index is -0.244. The predicted molar refractivity (Wildman–Crippen MR) is 111 cm³/mol. The van der Waals surface area contributed by atoms with Crippen LogP contribution in [-0.2, 0) is 11.3 Å². The van der Waals surface area contributed by atoms with Gasteiger partial charge in [0.25, 0.3) is 5.91 Å². The molecule has 3 aromatic rings. The van der Waals surface area contributed by atoms with Gasteiger partial charge in [-0.2, -0.15) is 4.99 Å². The average molecular weight is 403 g/mol. The lowest BCUT2D eigenvalue weighted by atomic mass is 10.2. The maximum Gasteiger partial charge on any atom is 0.279 e. The largest absolute Gasteiger partial charge is 0.497 e. The van der Waals surface area contributed by atoms with Crippen LogP contribution in [0.4, 0.5) is 0 Å². The molecule has 0 aliphatic heterocycles. The summed E-state index contributed by atoms with van der Waals surface area (Å²) in [6.45, 7) is 3.83. The van der Waals surface area contributed by atoms with Crippen LogP contribution in [0.25, 0.3) is 10.2 Å². The van der Waals surface area contributed by atoms with Crippen molar-refractivity contribution in [3.63, 3.8) is 0 Å². The van der Waals surface area contributed by atoms with Gasteiger partial charge in [-0.3, -0.25) is 4.79 Å². The molecule has 0 aliphatic rings. The number of carbonyl (C=O) groups is 1. The summed E-state index contributed by atoms with van der Waals surface area (Å²) in [5, 5.41) is 0. The van der Waals surface area contributed by atoms with Gasteiger partial charge in [-0.25, -0.2) is 0 Å². The zero-order valence-electron chi connectivity index (χ0n) is 15.6. The van der Waals surface area contributed by atoms with Crippen molar-refractivity contribution in [2.75, 3.05) is 26.6 Å². The Kier molecular flexibility index (Phi) is 6.71. The first-order valence-electron chi connectivity index (χ1n) is 8.64. The molecule has 0 aliphatic carbocycles. The van der Waals surface area contributed by atoms with Crippen molar-refractivity contribution in [1.82, 2.24) is 4.57 Å². The number of thioether (sulfide) groups is 1. The number of nitrogens with zero attached hydrogens (tertiary/aromatic N) is 2. The van der Waals surface area contributed by atoms with Crippen LogP contribution < -0.4 is 9.54 Å². The molecule has 27 heavy (non-hydrogen) atoms. The van der Waals surface area contributed by atoms with Gasteiger partial charge in [-0.05, 0) is 55.6 Å². The highest BCUT2D eigenvalue weighted by Gasteiger charge is 2.10. The third kappa shape index (κ3) is 4.61.